The predicted molar refractivity (Wildman–Crippen MR) is 77.6 cm³/mol. The summed E-state index contributed by atoms with van der Waals surface area (Å²) in [5.41, 5.74) is 0.551. The second kappa shape index (κ2) is 6.51. The highest BCUT2D eigenvalue weighted by Gasteiger charge is 2.24. The fourth-order valence-electron chi connectivity index (χ4n) is 2.67. The minimum absolute atomic E-state index is 0.00169. The first-order valence-electron chi connectivity index (χ1n) is 6.86. The predicted octanol–water partition coefficient (Wildman–Crippen LogP) is 4.24. The highest BCUT2D eigenvalue weighted by atomic mass is 79.9. The topological polar surface area (TPSA) is 20.3 Å². The van der Waals surface area contributed by atoms with Crippen molar-refractivity contribution in [1.29, 1.82) is 0 Å². The van der Waals surface area contributed by atoms with Gasteiger partial charge in [0.15, 0.2) is 0 Å². The summed E-state index contributed by atoms with van der Waals surface area (Å²) < 4.78 is 13.6. The second-order valence-electron chi connectivity index (χ2n) is 5.15. The van der Waals surface area contributed by atoms with E-state index in [1.54, 1.807) is 6.07 Å². The first-order valence-corrected chi connectivity index (χ1v) is 7.65. The van der Waals surface area contributed by atoms with Crippen molar-refractivity contribution in [1.82, 2.24) is 4.90 Å². The van der Waals surface area contributed by atoms with E-state index >= 15 is 0 Å². The summed E-state index contributed by atoms with van der Waals surface area (Å²) in [5.74, 6) is 0.428. The Labute approximate surface area is 122 Å². The number of likely N-dealkylation sites (tertiary alicyclic amines) is 1. The molecule has 0 bridgehead atoms. The van der Waals surface area contributed by atoms with E-state index < -0.39 is 0 Å². The molecule has 4 heteroatoms. The first kappa shape index (κ1) is 14.5. The molecule has 0 N–H and O–H groups in total. The molecule has 0 saturated carbocycles. The Morgan fingerprint density at radius 3 is 2.68 bits per heavy atom. The summed E-state index contributed by atoms with van der Waals surface area (Å²) in [6, 6.07) is 4.23. The third-order valence-corrected chi connectivity index (χ3v) is 4.42. The van der Waals surface area contributed by atoms with Crippen LogP contribution in [0.1, 0.15) is 43.0 Å². The lowest BCUT2D eigenvalue weighted by molar-refractivity contribution is 0.0685. The normalized spacial score (nSPS) is 16.7. The van der Waals surface area contributed by atoms with Crippen molar-refractivity contribution in [3.63, 3.8) is 0 Å². The van der Waals surface area contributed by atoms with E-state index in [0.717, 1.165) is 31.8 Å². The zero-order chi connectivity index (χ0) is 13.8. The molecule has 0 aromatic heterocycles. The number of halogens is 2. The molecule has 1 amide bonds. The largest absolute Gasteiger partial charge is 0.339 e. The fourth-order valence-corrected chi connectivity index (χ4v) is 3.19. The molecule has 1 saturated heterocycles. The van der Waals surface area contributed by atoms with Crippen LogP contribution in [0.4, 0.5) is 4.39 Å². The monoisotopic (exact) mass is 327 g/mol. The van der Waals surface area contributed by atoms with Crippen LogP contribution >= 0.6 is 15.9 Å². The average Bonchev–Trinajstić information content (AvgIpc) is 2.39. The molecule has 0 aliphatic carbocycles. The average molecular weight is 328 g/mol. The van der Waals surface area contributed by atoms with Crippen LogP contribution in [0.25, 0.3) is 0 Å². The number of nitrogens with zero attached hydrogens (tertiary/aromatic N) is 1. The lowest BCUT2D eigenvalue weighted by Crippen LogP contribution is -2.38. The third kappa shape index (κ3) is 3.56. The van der Waals surface area contributed by atoms with Crippen molar-refractivity contribution in [3.05, 3.63) is 34.1 Å². The van der Waals surface area contributed by atoms with Crippen LogP contribution in [0.15, 0.2) is 22.7 Å². The summed E-state index contributed by atoms with van der Waals surface area (Å²) in [5, 5.41) is 0. The second-order valence-corrected chi connectivity index (χ2v) is 6.00. The van der Waals surface area contributed by atoms with Gasteiger partial charge in [-0.15, -0.1) is 0 Å². The molecule has 104 valence electrons. The van der Waals surface area contributed by atoms with Gasteiger partial charge >= 0.3 is 0 Å². The molecule has 1 aromatic rings. The van der Waals surface area contributed by atoms with Crippen molar-refractivity contribution in [2.45, 2.75) is 32.6 Å². The molecule has 2 nitrogen and oxygen atoms in total. The number of carbonyl (C=O) groups excluding carboxylic acids is 1. The van der Waals surface area contributed by atoms with E-state index in [1.807, 2.05) is 4.90 Å². The minimum atomic E-state index is -0.329. The number of amides is 1. The lowest BCUT2D eigenvalue weighted by atomic mass is 9.92. The van der Waals surface area contributed by atoms with Gasteiger partial charge in [0.1, 0.15) is 5.82 Å². The smallest absolute Gasteiger partial charge is 0.255 e. The lowest BCUT2D eigenvalue weighted by Gasteiger charge is -2.32. The summed E-state index contributed by atoms with van der Waals surface area (Å²) in [4.78, 5) is 14.2. The molecule has 1 aromatic carbocycles. The van der Waals surface area contributed by atoms with Gasteiger partial charge in [-0.3, -0.25) is 4.79 Å². The third-order valence-electron chi connectivity index (χ3n) is 3.76. The van der Waals surface area contributed by atoms with E-state index in [0.29, 0.717) is 10.0 Å². The standard InChI is InChI=1S/C15H19BrFNO/c1-2-3-11-6-8-18(9-7-11)15(19)13-5-4-12(17)10-14(13)16/h4-5,10-11H,2-3,6-9H2,1H3. The van der Waals surface area contributed by atoms with Crippen LogP contribution in [-0.4, -0.2) is 23.9 Å². The maximum Gasteiger partial charge on any atom is 0.255 e. The van der Waals surface area contributed by atoms with Gasteiger partial charge in [0.25, 0.3) is 5.91 Å². The number of hydrogen-bond donors (Lipinski definition) is 0. The Morgan fingerprint density at radius 1 is 1.42 bits per heavy atom. The highest BCUT2D eigenvalue weighted by Crippen LogP contribution is 2.25. The Bertz CT molecular complexity index is 455. The van der Waals surface area contributed by atoms with Crippen LogP contribution in [0, 0.1) is 11.7 Å². The van der Waals surface area contributed by atoms with Crippen LogP contribution in [0.3, 0.4) is 0 Å². The van der Waals surface area contributed by atoms with Crippen molar-refractivity contribution in [3.8, 4) is 0 Å². The van der Waals surface area contributed by atoms with E-state index in [9.17, 15) is 9.18 Å². The zero-order valence-electron chi connectivity index (χ0n) is 11.2. The highest BCUT2D eigenvalue weighted by molar-refractivity contribution is 9.10. The number of piperidine rings is 1. The molecular formula is C15H19BrFNO. The number of hydrogen-bond acceptors (Lipinski definition) is 1. The quantitative estimate of drug-likeness (QED) is 0.813. The molecule has 0 atom stereocenters. The first-order chi connectivity index (χ1) is 9.11. The maximum atomic E-state index is 13.0. The summed E-state index contributed by atoms with van der Waals surface area (Å²) >= 11 is 3.26. The van der Waals surface area contributed by atoms with Crippen LogP contribution in [0.2, 0.25) is 0 Å². The Balaban J connectivity index is 2.01. The molecule has 0 spiro atoms. The maximum absolute atomic E-state index is 13.0. The molecule has 2 rings (SSSR count). The van der Waals surface area contributed by atoms with Gasteiger partial charge in [0, 0.05) is 17.6 Å². The van der Waals surface area contributed by atoms with Crippen molar-refractivity contribution in [2.24, 2.45) is 5.92 Å². The van der Waals surface area contributed by atoms with Crippen molar-refractivity contribution >= 4 is 21.8 Å². The molecule has 0 radical (unpaired) electrons. The van der Waals surface area contributed by atoms with Crippen LogP contribution in [0.5, 0.6) is 0 Å². The SMILES string of the molecule is CCCC1CCN(C(=O)c2ccc(F)cc2Br)CC1. The van der Waals surface area contributed by atoms with Gasteiger partial charge < -0.3 is 4.90 Å². The molecule has 19 heavy (non-hydrogen) atoms. The van der Waals surface area contributed by atoms with E-state index in [2.05, 4.69) is 22.9 Å². The van der Waals surface area contributed by atoms with Crippen LogP contribution < -0.4 is 0 Å². The van der Waals surface area contributed by atoms with Gasteiger partial charge in [0.2, 0.25) is 0 Å². The Kier molecular flexibility index (Phi) is 4.97. The minimum Gasteiger partial charge on any atom is -0.339 e. The summed E-state index contributed by atoms with van der Waals surface area (Å²) in [6.07, 6.45) is 4.63. The number of benzene rings is 1. The van der Waals surface area contributed by atoms with Crippen molar-refractivity contribution < 1.29 is 9.18 Å². The van der Waals surface area contributed by atoms with Crippen LogP contribution in [-0.2, 0) is 0 Å². The van der Waals surface area contributed by atoms with E-state index in [4.69, 9.17) is 0 Å². The zero-order valence-corrected chi connectivity index (χ0v) is 12.7. The molecule has 1 fully saturated rings. The van der Waals surface area contributed by atoms with E-state index in [-0.39, 0.29) is 11.7 Å². The van der Waals surface area contributed by atoms with Gasteiger partial charge in [-0.1, -0.05) is 19.8 Å². The van der Waals surface area contributed by atoms with E-state index in [1.165, 1.54) is 25.0 Å². The number of carbonyl (C=O) groups is 1. The van der Waals surface area contributed by atoms with Gasteiger partial charge in [0.05, 0.1) is 5.56 Å². The Morgan fingerprint density at radius 2 is 2.11 bits per heavy atom. The molecule has 1 aliphatic rings. The summed E-state index contributed by atoms with van der Waals surface area (Å²) in [7, 11) is 0. The Hall–Kier alpha value is -0.900. The van der Waals surface area contributed by atoms with Crippen molar-refractivity contribution in [2.75, 3.05) is 13.1 Å². The number of rotatable bonds is 3. The molecule has 0 unspecified atom stereocenters. The molecular weight excluding hydrogens is 309 g/mol. The van der Waals surface area contributed by atoms with Gasteiger partial charge in [-0.25, -0.2) is 4.39 Å². The van der Waals surface area contributed by atoms with Gasteiger partial charge in [-0.2, -0.15) is 0 Å². The fraction of sp³-hybridized carbons (Fsp3) is 0.533. The summed E-state index contributed by atoms with van der Waals surface area (Å²) in [6.45, 7) is 3.83. The molecule has 1 heterocycles. The van der Waals surface area contributed by atoms with Gasteiger partial charge in [-0.05, 0) is 52.9 Å². The molecule has 1 aliphatic heterocycles.